The van der Waals surface area contributed by atoms with Crippen LogP contribution in [0.4, 0.5) is 10.5 Å². The lowest BCUT2D eigenvalue weighted by Crippen LogP contribution is -2.37. The maximum atomic E-state index is 11.4. The van der Waals surface area contributed by atoms with Crippen molar-refractivity contribution in [1.82, 2.24) is 10.3 Å². The van der Waals surface area contributed by atoms with Crippen molar-refractivity contribution in [2.24, 2.45) is 10.7 Å². The number of aromatic amines is 1. The Balaban J connectivity index is 1.48. The van der Waals surface area contributed by atoms with Gasteiger partial charge in [0.2, 0.25) is 0 Å². The van der Waals surface area contributed by atoms with Gasteiger partial charge in [0.25, 0.3) is 0 Å². The van der Waals surface area contributed by atoms with Gasteiger partial charge in [-0.05, 0) is 60.7 Å². The lowest BCUT2D eigenvalue weighted by atomic mass is 9.81. The number of ether oxygens (including phenoxy) is 1. The summed E-state index contributed by atoms with van der Waals surface area (Å²) in [4.78, 5) is 20.3. The Morgan fingerprint density at radius 1 is 1.29 bits per heavy atom. The van der Waals surface area contributed by atoms with Gasteiger partial charge >= 0.3 is 6.09 Å². The highest BCUT2D eigenvalue weighted by Crippen LogP contribution is 2.37. The highest BCUT2D eigenvalue weighted by atomic mass is 32.1. The van der Waals surface area contributed by atoms with Crippen LogP contribution in [0.25, 0.3) is 10.9 Å². The van der Waals surface area contributed by atoms with Gasteiger partial charge in [-0.25, -0.2) is 9.79 Å². The molecule has 6 nitrogen and oxygen atoms in total. The second-order valence-corrected chi connectivity index (χ2v) is 8.08. The zero-order valence-electron chi connectivity index (χ0n) is 15.8. The number of H-pyrrole nitrogens is 1. The molecule has 0 bridgehead atoms. The molecule has 1 aliphatic rings. The number of hydrogen-bond acceptors (Lipinski definition) is 4. The fraction of sp³-hybridized carbons (Fsp3) is 0.333. The predicted molar refractivity (Wildman–Crippen MR) is 114 cm³/mol. The van der Waals surface area contributed by atoms with Gasteiger partial charge < -0.3 is 20.8 Å². The summed E-state index contributed by atoms with van der Waals surface area (Å²) in [7, 11) is 1.40. The van der Waals surface area contributed by atoms with Crippen molar-refractivity contribution in [3.05, 3.63) is 52.3 Å². The molecule has 146 valence electrons. The minimum Gasteiger partial charge on any atom is -0.453 e. The van der Waals surface area contributed by atoms with E-state index in [1.165, 1.54) is 18.1 Å². The maximum Gasteiger partial charge on any atom is 0.407 e. The summed E-state index contributed by atoms with van der Waals surface area (Å²) >= 11 is 1.58. The lowest BCUT2D eigenvalue weighted by molar-refractivity contribution is 0.162. The topological polar surface area (TPSA) is 92.5 Å². The van der Waals surface area contributed by atoms with E-state index in [2.05, 4.69) is 27.6 Å². The zero-order valence-corrected chi connectivity index (χ0v) is 16.6. The number of carbonyl (C=O) groups is 1. The SMILES string of the molecule is COC(=O)NC1CCC(c2c[nH]c3cc(N=C(N)c4cccs4)ccc23)CC1. The van der Waals surface area contributed by atoms with Crippen molar-refractivity contribution < 1.29 is 9.53 Å². The Labute approximate surface area is 167 Å². The number of nitrogens with one attached hydrogen (secondary N) is 2. The van der Waals surface area contributed by atoms with Gasteiger partial charge in [-0.1, -0.05) is 12.1 Å². The molecule has 3 aromatic rings. The van der Waals surface area contributed by atoms with Gasteiger partial charge in [0.1, 0.15) is 5.84 Å². The standard InChI is InChI=1S/C21H24N4O2S/c1-27-21(26)25-14-6-4-13(5-7-14)17-12-23-18-11-15(8-9-16(17)18)24-20(22)19-3-2-10-28-19/h2-3,8-14,23H,4-7H2,1H3,(H2,22,24)(H,25,26). The van der Waals surface area contributed by atoms with Crippen molar-refractivity contribution in [2.75, 3.05) is 7.11 Å². The number of carbonyl (C=O) groups excluding carboxylic acids is 1. The zero-order chi connectivity index (χ0) is 19.5. The van der Waals surface area contributed by atoms with Gasteiger partial charge in [-0.2, -0.15) is 0 Å². The molecular formula is C21H24N4O2S. The molecule has 1 aliphatic carbocycles. The molecule has 4 N–H and O–H groups in total. The number of fused-ring (bicyclic) bond motifs is 1. The van der Waals surface area contributed by atoms with E-state index in [0.717, 1.165) is 41.8 Å². The van der Waals surface area contributed by atoms with Crippen LogP contribution in [0.15, 0.2) is 46.9 Å². The third kappa shape index (κ3) is 3.89. The second-order valence-electron chi connectivity index (χ2n) is 7.13. The Hall–Kier alpha value is -2.80. The first-order valence-electron chi connectivity index (χ1n) is 9.47. The van der Waals surface area contributed by atoms with Crippen LogP contribution in [-0.2, 0) is 4.74 Å². The summed E-state index contributed by atoms with van der Waals surface area (Å²) in [6.45, 7) is 0. The van der Waals surface area contributed by atoms with Gasteiger partial charge in [0.15, 0.2) is 0 Å². The normalized spacial score (nSPS) is 20.2. The van der Waals surface area contributed by atoms with Crippen LogP contribution >= 0.6 is 11.3 Å². The fourth-order valence-electron chi connectivity index (χ4n) is 3.94. The van der Waals surface area contributed by atoms with E-state index in [0.29, 0.717) is 11.8 Å². The summed E-state index contributed by atoms with van der Waals surface area (Å²) < 4.78 is 4.70. The number of rotatable bonds is 4. The molecule has 1 aromatic carbocycles. The van der Waals surface area contributed by atoms with E-state index >= 15 is 0 Å². The van der Waals surface area contributed by atoms with Crippen LogP contribution in [0, 0.1) is 0 Å². The summed E-state index contributed by atoms with van der Waals surface area (Å²) in [6, 6.07) is 10.3. The molecule has 0 spiro atoms. The van der Waals surface area contributed by atoms with Crippen LogP contribution in [-0.4, -0.2) is 30.1 Å². The van der Waals surface area contributed by atoms with E-state index < -0.39 is 0 Å². The molecule has 1 fully saturated rings. The van der Waals surface area contributed by atoms with E-state index in [-0.39, 0.29) is 12.1 Å². The number of hydrogen-bond donors (Lipinski definition) is 3. The molecule has 2 heterocycles. The number of thiophene rings is 1. The van der Waals surface area contributed by atoms with Crippen molar-refractivity contribution in [3.63, 3.8) is 0 Å². The van der Waals surface area contributed by atoms with Crippen LogP contribution in [0.5, 0.6) is 0 Å². The van der Waals surface area contributed by atoms with E-state index in [4.69, 9.17) is 10.5 Å². The van der Waals surface area contributed by atoms with Crippen LogP contribution in [0.2, 0.25) is 0 Å². The summed E-state index contributed by atoms with van der Waals surface area (Å²) in [5.41, 5.74) is 9.37. The number of alkyl carbamates (subject to hydrolysis) is 1. The Bertz CT molecular complexity index is 985. The highest BCUT2D eigenvalue weighted by Gasteiger charge is 2.25. The first kappa shape index (κ1) is 18.6. The first-order valence-corrected chi connectivity index (χ1v) is 10.4. The summed E-state index contributed by atoms with van der Waals surface area (Å²) in [6.07, 6.45) is 5.79. The monoisotopic (exact) mass is 396 g/mol. The van der Waals surface area contributed by atoms with Crippen LogP contribution in [0.1, 0.15) is 42.0 Å². The number of aliphatic imine (C=N–C) groups is 1. The minimum atomic E-state index is -0.342. The molecule has 2 aromatic heterocycles. The van der Waals surface area contributed by atoms with Crippen molar-refractivity contribution in [1.29, 1.82) is 0 Å². The molecule has 7 heteroatoms. The molecule has 28 heavy (non-hydrogen) atoms. The van der Waals surface area contributed by atoms with E-state index in [9.17, 15) is 4.79 Å². The third-order valence-electron chi connectivity index (χ3n) is 5.39. The molecule has 1 amide bonds. The van der Waals surface area contributed by atoms with Gasteiger partial charge in [-0.3, -0.25) is 0 Å². The van der Waals surface area contributed by atoms with E-state index in [1.807, 2.05) is 29.6 Å². The maximum absolute atomic E-state index is 11.4. The second kappa shape index (κ2) is 8.06. The minimum absolute atomic E-state index is 0.204. The molecule has 0 radical (unpaired) electrons. The van der Waals surface area contributed by atoms with Gasteiger partial charge in [0, 0.05) is 23.1 Å². The van der Waals surface area contributed by atoms with Gasteiger partial charge in [0.05, 0.1) is 17.7 Å². The average Bonchev–Trinajstić information content (AvgIpc) is 3.38. The first-order chi connectivity index (χ1) is 13.6. The number of nitrogens with two attached hydrogens (primary N) is 1. The van der Waals surface area contributed by atoms with Crippen LogP contribution in [0.3, 0.4) is 0 Å². The molecule has 0 atom stereocenters. The molecule has 0 saturated heterocycles. The average molecular weight is 397 g/mol. The van der Waals surface area contributed by atoms with E-state index in [1.54, 1.807) is 11.3 Å². The molecule has 0 unspecified atom stereocenters. The smallest absolute Gasteiger partial charge is 0.407 e. The molecule has 4 rings (SSSR count). The Kier molecular flexibility index (Phi) is 5.34. The van der Waals surface area contributed by atoms with Crippen molar-refractivity contribution >= 4 is 39.9 Å². The molecule has 1 saturated carbocycles. The van der Waals surface area contributed by atoms with Crippen molar-refractivity contribution in [2.45, 2.75) is 37.6 Å². The van der Waals surface area contributed by atoms with Crippen molar-refractivity contribution in [3.8, 4) is 0 Å². The number of aromatic nitrogens is 1. The largest absolute Gasteiger partial charge is 0.453 e. The number of benzene rings is 1. The highest BCUT2D eigenvalue weighted by molar-refractivity contribution is 7.12. The number of methoxy groups -OCH3 is 1. The number of nitrogens with zero attached hydrogens (tertiary/aromatic N) is 1. The predicted octanol–water partition coefficient (Wildman–Crippen LogP) is 4.65. The number of amidine groups is 1. The fourth-order valence-corrected chi connectivity index (χ4v) is 4.56. The van der Waals surface area contributed by atoms with Gasteiger partial charge in [-0.15, -0.1) is 11.3 Å². The number of amides is 1. The Morgan fingerprint density at radius 2 is 2.11 bits per heavy atom. The molecule has 0 aliphatic heterocycles. The lowest BCUT2D eigenvalue weighted by Gasteiger charge is -2.28. The van der Waals surface area contributed by atoms with Crippen LogP contribution < -0.4 is 11.1 Å². The molecular weight excluding hydrogens is 372 g/mol. The summed E-state index contributed by atoms with van der Waals surface area (Å²) in [5, 5.41) is 6.14. The third-order valence-corrected chi connectivity index (χ3v) is 6.29. The summed E-state index contributed by atoms with van der Waals surface area (Å²) in [5.74, 6) is 1.03. The Morgan fingerprint density at radius 3 is 2.82 bits per heavy atom. The quantitative estimate of drug-likeness (QED) is 0.443.